The van der Waals surface area contributed by atoms with E-state index in [2.05, 4.69) is 88.3 Å². The van der Waals surface area contributed by atoms with Gasteiger partial charge in [-0.05, 0) is 65.8 Å². The van der Waals surface area contributed by atoms with Crippen LogP contribution in [0.4, 0.5) is 0 Å². The molecule has 2 nitrogen and oxygen atoms in total. The maximum absolute atomic E-state index is 3.66. The van der Waals surface area contributed by atoms with Crippen LogP contribution in [0.15, 0.2) is 48.6 Å². The van der Waals surface area contributed by atoms with Gasteiger partial charge in [0.15, 0.2) is 0 Å². The number of allylic oxidation sites excluding steroid dienone is 2. The van der Waals surface area contributed by atoms with Gasteiger partial charge < -0.3 is 9.13 Å². The molecular formula is C20H32N2. The molecule has 0 spiro atoms. The second-order valence-corrected chi connectivity index (χ2v) is 5.91. The standard InChI is InChI=1S/2C7H11N.C6H10/c2*1-6-4-5-7(2)8(6)3;1-5(2)6(3)4/h2*4-5H,1-3H3;1,3H2,2,4H3. The molecule has 0 unspecified atom stereocenters. The summed E-state index contributed by atoms with van der Waals surface area (Å²) in [5.74, 6) is 0. The van der Waals surface area contributed by atoms with E-state index < -0.39 is 0 Å². The Hall–Kier alpha value is -1.96. The van der Waals surface area contributed by atoms with Crippen LogP contribution in [0.1, 0.15) is 36.6 Å². The summed E-state index contributed by atoms with van der Waals surface area (Å²) in [6.07, 6.45) is 0. The third-order valence-electron chi connectivity index (χ3n) is 3.98. The predicted octanol–water partition coefficient (Wildman–Crippen LogP) is 5.42. The highest BCUT2D eigenvalue weighted by molar-refractivity contribution is 5.19. The fraction of sp³-hybridized carbons (Fsp3) is 0.400. The highest BCUT2D eigenvalue weighted by Crippen LogP contribution is 2.02. The molecule has 0 atom stereocenters. The molecule has 0 saturated heterocycles. The number of aromatic nitrogens is 2. The maximum Gasteiger partial charge on any atom is 0.0143 e. The highest BCUT2D eigenvalue weighted by Gasteiger charge is 1.91. The molecule has 0 aliphatic rings. The summed E-state index contributed by atoms with van der Waals surface area (Å²) < 4.78 is 4.33. The molecule has 0 saturated carbocycles. The van der Waals surface area contributed by atoms with Crippen LogP contribution >= 0.6 is 0 Å². The monoisotopic (exact) mass is 300 g/mol. The number of rotatable bonds is 1. The summed E-state index contributed by atoms with van der Waals surface area (Å²) in [5, 5.41) is 0. The lowest BCUT2D eigenvalue weighted by Crippen LogP contribution is -1.91. The van der Waals surface area contributed by atoms with Crippen molar-refractivity contribution in [2.75, 3.05) is 0 Å². The molecule has 22 heavy (non-hydrogen) atoms. The molecular weight excluding hydrogens is 268 g/mol. The summed E-state index contributed by atoms with van der Waals surface area (Å²) in [6.45, 7) is 19.6. The first kappa shape index (κ1) is 20.0. The zero-order valence-electron chi connectivity index (χ0n) is 15.6. The van der Waals surface area contributed by atoms with Crippen molar-refractivity contribution < 1.29 is 0 Å². The van der Waals surface area contributed by atoms with Crippen molar-refractivity contribution in [1.82, 2.24) is 9.13 Å². The van der Waals surface area contributed by atoms with Crippen LogP contribution in [0.5, 0.6) is 0 Å². The van der Waals surface area contributed by atoms with E-state index in [1.54, 1.807) is 0 Å². The lowest BCUT2D eigenvalue weighted by molar-refractivity contribution is 0.844. The molecule has 0 aliphatic carbocycles. The lowest BCUT2D eigenvalue weighted by Gasteiger charge is -1.96. The first-order valence-corrected chi connectivity index (χ1v) is 7.57. The molecule has 0 aromatic carbocycles. The molecule has 0 N–H and O–H groups in total. The average Bonchev–Trinajstić information content (AvgIpc) is 2.90. The van der Waals surface area contributed by atoms with Gasteiger partial charge in [0.05, 0.1) is 0 Å². The van der Waals surface area contributed by atoms with Crippen molar-refractivity contribution in [3.8, 4) is 0 Å². The fourth-order valence-electron chi connectivity index (χ4n) is 1.49. The summed E-state index contributed by atoms with van der Waals surface area (Å²) in [7, 11) is 4.15. The van der Waals surface area contributed by atoms with E-state index in [1.165, 1.54) is 22.8 Å². The molecule has 2 heterocycles. The maximum atomic E-state index is 3.66. The van der Waals surface area contributed by atoms with Crippen molar-refractivity contribution >= 4 is 0 Å². The zero-order valence-corrected chi connectivity index (χ0v) is 15.6. The Balaban J connectivity index is 0.000000306. The van der Waals surface area contributed by atoms with Gasteiger partial charge in [0, 0.05) is 36.9 Å². The van der Waals surface area contributed by atoms with Gasteiger partial charge in [0.2, 0.25) is 0 Å². The minimum absolute atomic E-state index is 1.06. The van der Waals surface area contributed by atoms with Crippen molar-refractivity contribution in [1.29, 1.82) is 0 Å². The van der Waals surface area contributed by atoms with Crippen LogP contribution in [0, 0.1) is 27.7 Å². The summed E-state index contributed by atoms with van der Waals surface area (Å²) >= 11 is 0. The second kappa shape index (κ2) is 9.14. The Morgan fingerprint density at radius 2 is 0.818 bits per heavy atom. The Morgan fingerprint density at radius 1 is 0.636 bits per heavy atom. The molecule has 0 bridgehead atoms. The Kier molecular flexibility index (Phi) is 8.32. The van der Waals surface area contributed by atoms with Gasteiger partial charge in [-0.2, -0.15) is 0 Å². The molecule has 122 valence electrons. The predicted molar refractivity (Wildman–Crippen MR) is 99.4 cm³/mol. The van der Waals surface area contributed by atoms with Gasteiger partial charge in [0.1, 0.15) is 0 Å². The van der Waals surface area contributed by atoms with Crippen LogP contribution in [0.3, 0.4) is 0 Å². The second-order valence-electron chi connectivity index (χ2n) is 5.91. The van der Waals surface area contributed by atoms with E-state index in [1.807, 2.05) is 13.8 Å². The van der Waals surface area contributed by atoms with Crippen LogP contribution in [0.2, 0.25) is 0 Å². The van der Waals surface area contributed by atoms with Gasteiger partial charge in [-0.15, -0.1) is 0 Å². The summed E-state index contributed by atoms with van der Waals surface area (Å²) in [4.78, 5) is 0. The number of nitrogens with zero attached hydrogens (tertiary/aromatic N) is 2. The normalized spacial score (nSPS) is 9.27. The van der Waals surface area contributed by atoms with Crippen LogP contribution in [0.25, 0.3) is 0 Å². The quantitative estimate of drug-likeness (QED) is 0.622. The highest BCUT2D eigenvalue weighted by atomic mass is 14.9. The molecule has 2 rings (SSSR count). The molecule has 0 amide bonds. The Labute approximate surface area is 136 Å². The van der Waals surface area contributed by atoms with E-state index >= 15 is 0 Å². The Bertz CT molecular complexity index is 529. The van der Waals surface area contributed by atoms with Crippen LogP contribution < -0.4 is 0 Å². The number of hydrogen-bond donors (Lipinski definition) is 0. The molecule has 2 aromatic heterocycles. The van der Waals surface area contributed by atoms with Crippen molar-refractivity contribution in [2.24, 2.45) is 14.1 Å². The van der Waals surface area contributed by atoms with Gasteiger partial charge in [0.25, 0.3) is 0 Å². The van der Waals surface area contributed by atoms with E-state index in [0.29, 0.717) is 0 Å². The fourth-order valence-corrected chi connectivity index (χ4v) is 1.49. The number of hydrogen-bond acceptors (Lipinski definition) is 0. The summed E-state index contributed by atoms with van der Waals surface area (Å²) in [5.41, 5.74) is 7.42. The largest absolute Gasteiger partial charge is 0.352 e. The SMILES string of the molecule is C=C(C)C(=C)C.Cc1ccc(C)n1C.Cc1ccc(C)n1C. The van der Waals surface area contributed by atoms with E-state index in [9.17, 15) is 0 Å². The molecule has 0 fully saturated rings. The smallest absolute Gasteiger partial charge is 0.0143 e. The third kappa shape index (κ3) is 6.66. The molecule has 0 aliphatic heterocycles. The number of aryl methyl sites for hydroxylation is 4. The first-order chi connectivity index (χ1) is 10.1. The Morgan fingerprint density at radius 3 is 0.864 bits per heavy atom. The van der Waals surface area contributed by atoms with Gasteiger partial charge in [-0.1, -0.05) is 24.3 Å². The summed E-state index contributed by atoms with van der Waals surface area (Å²) in [6, 6.07) is 8.48. The van der Waals surface area contributed by atoms with Crippen molar-refractivity contribution in [3.05, 3.63) is 71.3 Å². The van der Waals surface area contributed by atoms with Crippen LogP contribution in [-0.2, 0) is 14.1 Å². The average molecular weight is 300 g/mol. The molecule has 0 radical (unpaired) electrons. The minimum atomic E-state index is 1.06. The van der Waals surface area contributed by atoms with Gasteiger partial charge >= 0.3 is 0 Å². The first-order valence-electron chi connectivity index (χ1n) is 7.57. The van der Waals surface area contributed by atoms with E-state index in [0.717, 1.165) is 11.1 Å². The van der Waals surface area contributed by atoms with Crippen molar-refractivity contribution in [2.45, 2.75) is 41.5 Å². The van der Waals surface area contributed by atoms with E-state index in [4.69, 9.17) is 0 Å². The zero-order chi connectivity index (χ0) is 17.4. The topological polar surface area (TPSA) is 9.86 Å². The van der Waals surface area contributed by atoms with Crippen molar-refractivity contribution in [3.63, 3.8) is 0 Å². The van der Waals surface area contributed by atoms with Crippen LogP contribution in [-0.4, -0.2) is 9.13 Å². The van der Waals surface area contributed by atoms with E-state index in [-0.39, 0.29) is 0 Å². The molecule has 2 aromatic rings. The lowest BCUT2D eigenvalue weighted by atomic mass is 10.2. The van der Waals surface area contributed by atoms with Gasteiger partial charge in [-0.3, -0.25) is 0 Å². The third-order valence-corrected chi connectivity index (χ3v) is 3.98. The van der Waals surface area contributed by atoms with Gasteiger partial charge in [-0.25, -0.2) is 0 Å². The minimum Gasteiger partial charge on any atom is -0.352 e. The molecule has 2 heteroatoms.